The maximum absolute atomic E-state index is 2.32. The highest BCUT2D eigenvalue weighted by molar-refractivity contribution is 5.75. The van der Waals surface area contributed by atoms with Crippen molar-refractivity contribution < 1.29 is 0 Å². The third-order valence-electron chi connectivity index (χ3n) is 1.85. The summed E-state index contributed by atoms with van der Waals surface area (Å²) in [4.78, 5) is 0. The van der Waals surface area contributed by atoms with E-state index in [1.165, 1.54) is 19.3 Å². The Morgan fingerprint density at radius 3 is 1.00 bits per heavy atom. The predicted octanol–water partition coefficient (Wildman–Crippen LogP) is 4.89. The van der Waals surface area contributed by atoms with Crippen LogP contribution in [0.4, 0.5) is 0 Å². The van der Waals surface area contributed by atoms with Gasteiger partial charge in [-0.15, -0.1) is 0 Å². The van der Waals surface area contributed by atoms with Crippen molar-refractivity contribution in [3.8, 4) is 0 Å². The van der Waals surface area contributed by atoms with Gasteiger partial charge >= 0.3 is 0 Å². The van der Waals surface area contributed by atoms with Gasteiger partial charge in [0.2, 0.25) is 0 Å². The SMILES string of the molecule is CC.CC(C)(C)CCCC(C)(C)C.[B]. The molecular formula is C13H30B. The van der Waals surface area contributed by atoms with Crippen molar-refractivity contribution in [3.63, 3.8) is 0 Å². The van der Waals surface area contributed by atoms with Gasteiger partial charge in [0.1, 0.15) is 0 Å². The second-order valence-electron chi connectivity index (χ2n) is 5.97. The van der Waals surface area contributed by atoms with E-state index in [2.05, 4.69) is 41.5 Å². The van der Waals surface area contributed by atoms with Crippen molar-refractivity contribution in [1.82, 2.24) is 0 Å². The minimum absolute atomic E-state index is 0. The minimum Gasteiger partial charge on any atom is -0.0683 e. The Morgan fingerprint density at radius 2 is 0.857 bits per heavy atom. The van der Waals surface area contributed by atoms with Crippen molar-refractivity contribution >= 4 is 8.41 Å². The van der Waals surface area contributed by atoms with Gasteiger partial charge in [-0.25, -0.2) is 0 Å². The fourth-order valence-electron chi connectivity index (χ4n) is 1.15. The number of hydrogen-bond acceptors (Lipinski definition) is 0. The standard InChI is InChI=1S/C11H24.C2H6.B/c1-10(2,3)8-7-9-11(4,5)6;1-2;/h7-9H2,1-6H3;1-2H3;. The summed E-state index contributed by atoms with van der Waals surface area (Å²) in [5.74, 6) is 0. The lowest BCUT2D eigenvalue weighted by Crippen LogP contribution is -2.09. The fourth-order valence-corrected chi connectivity index (χ4v) is 1.15. The molecule has 0 aliphatic rings. The van der Waals surface area contributed by atoms with Gasteiger partial charge in [-0.2, -0.15) is 0 Å². The smallest absolute Gasteiger partial charge is 0 e. The third kappa shape index (κ3) is 22.7. The van der Waals surface area contributed by atoms with Crippen molar-refractivity contribution in [1.29, 1.82) is 0 Å². The molecule has 0 spiro atoms. The van der Waals surface area contributed by atoms with Crippen molar-refractivity contribution in [2.45, 2.75) is 74.7 Å². The molecule has 1 heteroatoms. The average molecular weight is 197 g/mol. The molecule has 0 unspecified atom stereocenters. The summed E-state index contributed by atoms with van der Waals surface area (Å²) in [7, 11) is 0. The summed E-state index contributed by atoms with van der Waals surface area (Å²) in [5.41, 5.74) is 1.04. The van der Waals surface area contributed by atoms with Crippen LogP contribution >= 0.6 is 0 Å². The van der Waals surface area contributed by atoms with Crippen molar-refractivity contribution in [2.24, 2.45) is 10.8 Å². The van der Waals surface area contributed by atoms with Gasteiger partial charge in [-0.1, -0.05) is 61.8 Å². The maximum atomic E-state index is 2.32. The molecule has 0 heterocycles. The summed E-state index contributed by atoms with van der Waals surface area (Å²) in [6, 6.07) is 0. The van der Waals surface area contributed by atoms with Gasteiger partial charge in [0.25, 0.3) is 0 Å². The minimum atomic E-state index is 0. The molecule has 0 atom stereocenters. The van der Waals surface area contributed by atoms with Crippen LogP contribution in [0.5, 0.6) is 0 Å². The average Bonchev–Trinajstić information content (AvgIpc) is 1.86. The molecule has 0 rings (SSSR count). The summed E-state index contributed by atoms with van der Waals surface area (Å²) < 4.78 is 0. The van der Waals surface area contributed by atoms with Gasteiger partial charge in [-0.3, -0.25) is 0 Å². The summed E-state index contributed by atoms with van der Waals surface area (Å²) in [5, 5.41) is 0. The predicted molar refractivity (Wildman–Crippen MR) is 69.9 cm³/mol. The van der Waals surface area contributed by atoms with Gasteiger partial charge in [0.15, 0.2) is 0 Å². The van der Waals surface area contributed by atoms with E-state index in [1.807, 2.05) is 13.8 Å². The lowest BCUT2D eigenvalue weighted by Gasteiger charge is -2.22. The Morgan fingerprint density at radius 1 is 0.643 bits per heavy atom. The molecule has 0 aromatic carbocycles. The second kappa shape index (κ2) is 8.38. The molecule has 0 aliphatic carbocycles. The van der Waals surface area contributed by atoms with E-state index in [0.29, 0.717) is 10.8 Å². The Hall–Kier alpha value is 0.0649. The molecule has 0 saturated heterocycles. The van der Waals surface area contributed by atoms with Gasteiger partial charge in [0.05, 0.1) is 0 Å². The molecule has 0 fully saturated rings. The van der Waals surface area contributed by atoms with Crippen LogP contribution in [0, 0.1) is 10.8 Å². The molecule has 0 N–H and O–H groups in total. The van der Waals surface area contributed by atoms with Crippen LogP contribution in [0.2, 0.25) is 0 Å². The molecule has 0 aromatic heterocycles. The van der Waals surface area contributed by atoms with E-state index in [1.54, 1.807) is 0 Å². The first-order chi connectivity index (χ1) is 5.71. The van der Waals surface area contributed by atoms with Crippen LogP contribution in [0.15, 0.2) is 0 Å². The quantitative estimate of drug-likeness (QED) is 0.552. The van der Waals surface area contributed by atoms with Crippen molar-refractivity contribution in [3.05, 3.63) is 0 Å². The van der Waals surface area contributed by atoms with Crippen LogP contribution in [-0.2, 0) is 0 Å². The lowest BCUT2D eigenvalue weighted by atomic mass is 9.84. The van der Waals surface area contributed by atoms with Crippen LogP contribution in [-0.4, -0.2) is 8.41 Å². The zero-order chi connectivity index (χ0) is 11.1. The Bertz CT molecular complexity index is 89.4. The van der Waals surface area contributed by atoms with Crippen molar-refractivity contribution in [2.75, 3.05) is 0 Å². The van der Waals surface area contributed by atoms with E-state index >= 15 is 0 Å². The van der Waals surface area contributed by atoms with Gasteiger partial charge in [0, 0.05) is 8.41 Å². The largest absolute Gasteiger partial charge is 0.0683 e. The first kappa shape index (κ1) is 19.6. The normalized spacial score (nSPS) is 11.1. The molecule has 0 saturated carbocycles. The molecule has 0 amide bonds. The van der Waals surface area contributed by atoms with E-state index in [9.17, 15) is 0 Å². The fraction of sp³-hybridized carbons (Fsp3) is 1.00. The number of rotatable bonds is 2. The molecule has 85 valence electrons. The molecule has 0 nitrogen and oxygen atoms in total. The van der Waals surface area contributed by atoms with Gasteiger partial charge < -0.3 is 0 Å². The topological polar surface area (TPSA) is 0 Å². The van der Waals surface area contributed by atoms with E-state index < -0.39 is 0 Å². The lowest BCUT2D eigenvalue weighted by molar-refractivity contribution is 0.301. The first-order valence-corrected chi connectivity index (χ1v) is 5.71. The van der Waals surface area contributed by atoms with Crippen LogP contribution in [0.3, 0.4) is 0 Å². The molecule has 3 radical (unpaired) electrons. The van der Waals surface area contributed by atoms with E-state index in [0.717, 1.165) is 0 Å². The first-order valence-electron chi connectivity index (χ1n) is 5.71. The van der Waals surface area contributed by atoms with Crippen LogP contribution in [0.25, 0.3) is 0 Å². The van der Waals surface area contributed by atoms with Crippen LogP contribution < -0.4 is 0 Å². The van der Waals surface area contributed by atoms with Gasteiger partial charge in [-0.05, 0) is 23.7 Å². The molecule has 0 aromatic rings. The zero-order valence-corrected chi connectivity index (χ0v) is 11.7. The molecule has 0 aliphatic heterocycles. The Balaban J connectivity index is -0.000000376. The molecule has 0 bridgehead atoms. The summed E-state index contributed by atoms with van der Waals surface area (Å²) >= 11 is 0. The second-order valence-corrected chi connectivity index (χ2v) is 5.97. The highest BCUT2D eigenvalue weighted by Crippen LogP contribution is 2.27. The number of hydrogen-bond donors (Lipinski definition) is 0. The monoisotopic (exact) mass is 197 g/mol. The summed E-state index contributed by atoms with van der Waals surface area (Å²) in [6.07, 6.45) is 4.07. The Labute approximate surface area is 94.4 Å². The molecular weight excluding hydrogens is 167 g/mol. The summed E-state index contributed by atoms with van der Waals surface area (Å²) in [6.45, 7) is 17.9. The third-order valence-corrected chi connectivity index (χ3v) is 1.85. The van der Waals surface area contributed by atoms with Crippen LogP contribution in [0.1, 0.15) is 74.7 Å². The zero-order valence-electron chi connectivity index (χ0n) is 11.7. The Kier molecular flexibility index (Phi) is 11.7. The molecule has 14 heavy (non-hydrogen) atoms. The van der Waals surface area contributed by atoms with E-state index in [-0.39, 0.29) is 8.41 Å². The maximum Gasteiger partial charge on any atom is 0 e. The highest BCUT2D eigenvalue weighted by atomic mass is 14.2. The highest BCUT2D eigenvalue weighted by Gasteiger charge is 2.13. The van der Waals surface area contributed by atoms with E-state index in [4.69, 9.17) is 0 Å².